The summed E-state index contributed by atoms with van der Waals surface area (Å²) in [5.41, 5.74) is 0.682. The topological polar surface area (TPSA) is 85.8 Å². The summed E-state index contributed by atoms with van der Waals surface area (Å²) in [7, 11) is 0. The normalized spacial score (nSPS) is 14.3. The molecule has 6 nitrogen and oxygen atoms in total. The van der Waals surface area contributed by atoms with Crippen LogP contribution in [0.25, 0.3) is 0 Å². The van der Waals surface area contributed by atoms with E-state index in [2.05, 4.69) is 15.6 Å². The number of hydrogen-bond donors (Lipinski definition) is 2. The van der Waals surface area contributed by atoms with E-state index in [9.17, 15) is 4.79 Å². The molecule has 102 valence electrons. The minimum atomic E-state index is -0.614. The molecule has 2 heterocycles. The number of nitrogen functional groups attached to an aromatic ring is 1. The fourth-order valence-corrected chi connectivity index (χ4v) is 2.36. The number of hydrogen-bond acceptors (Lipinski definition) is 5. The molecule has 0 radical (unpaired) electrons. The molecule has 3 N–H and O–H groups in total. The lowest BCUT2D eigenvalue weighted by Gasteiger charge is -2.32. The largest absolute Gasteiger partial charge is 0.341 e. The van der Waals surface area contributed by atoms with Gasteiger partial charge in [0.05, 0.1) is 17.3 Å². The molecule has 0 fully saturated rings. The summed E-state index contributed by atoms with van der Waals surface area (Å²) in [5, 5.41) is 14.5. The van der Waals surface area contributed by atoms with Crippen LogP contribution in [0.15, 0.2) is 23.0 Å². The zero-order valence-corrected chi connectivity index (χ0v) is 11.9. The van der Waals surface area contributed by atoms with Crippen LogP contribution in [-0.2, 0) is 5.54 Å². The predicted octanol–water partition coefficient (Wildman–Crippen LogP) is 1.35. The van der Waals surface area contributed by atoms with E-state index in [0.717, 1.165) is 4.79 Å². The van der Waals surface area contributed by atoms with Crippen LogP contribution < -0.4 is 11.2 Å². The number of carbonyl (C=O) groups is 1. The van der Waals surface area contributed by atoms with Crippen molar-refractivity contribution in [1.82, 2.24) is 20.4 Å². The van der Waals surface area contributed by atoms with Crippen molar-refractivity contribution in [2.24, 2.45) is 5.92 Å². The van der Waals surface area contributed by atoms with Crippen LogP contribution in [0.1, 0.15) is 36.8 Å². The first-order valence-electron chi connectivity index (χ1n) is 5.96. The van der Waals surface area contributed by atoms with Gasteiger partial charge in [-0.2, -0.15) is 16.1 Å². The molecule has 0 saturated heterocycles. The van der Waals surface area contributed by atoms with Gasteiger partial charge >= 0.3 is 0 Å². The first-order valence-corrected chi connectivity index (χ1v) is 6.90. The summed E-state index contributed by atoms with van der Waals surface area (Å²) in [6, 6.07) is 1.79. The summed E-state index contributed by atoms with van der Waals surface area (Å²) < 4.78 is 0. The fourth-order valence-electron chi connectivity index (χ4n) is 1.72. The Balaban J connectivity index is 2.28. The van der Waals surface area contributed by atoms with Crippen molar-refractivity contribution in [2.45, 2.75) is 26.3 Å². The van der Waals surface area contributed by atoms with Crippen LogP contribution >= 0.6 is 11.3 Å². The van der Waals surface area contributed by atoms with Gasteiger partial charge in [-0.15, -0.1) is 5.10 Å². The average Bonchev–Trinajstić information content (AvgIpc) is 2.98. The van der Waals surface area contributed by atoms with Gasteiger partial charge in [0.2, 0.25) is 0 Å². The Labute approximate surface area is 115 Å². The molecule has 0 unspecified atom stereocenters. The van der Waals surface area contributed by atoms with Crippen LogP contribution in [0.2, 0.25) is 0 Å². The van der Waals surface area contributed by atoms with Crippen LogP contribution in [0.3, 0.4) is 0 Å². The van der Waals surface area contributed by atoms with E-state index >= 15 is 0 Å². The SMILES string of the molecule is CC(C)[C@](C)(NC(=O)c1ccsc1)c1cn(N)nn1. The van der Waals surface area contributed by atoms with Crippen molar-refractivity contribution in [3.05, 3.63) is 34.3 Å². The molecule has 0 bridgehead atoms. The highest BCUT2D eigenvalue weighted by Crippen LogP contribution is 2.27. The Bertz CT molecular complexity index is 562. The summed E-state index contributed by atoms with van der Waals surface area (Å²) in [6.07, 6.45) is 1.62. The molecule has 0 spiro atoms. The second-order valence-corrected chi connectivity index (χ2v) is 5.69. The van der Waals surface area contributed by atoms with Gasteiger partial charge < -0.3 is 11.2 Å². The van der Waals surface area contributed by atoms with Crippen molar-refractivity contribution in [1.29, 1.82) is 0 Å². The van der Waals surface area contributed by atoms with E-state index in [4.69, 9.17) is 5.84 Å². The van der Waals surface area contributed by atoms with Gasteiger partial charge in [0, 0.05) is 5.38 Å². The zero-order valence-electron chi connectivity index (χ0n) is 11.1. The number of amides is 1. The molecule has 19 heavy (non-hydrogen) atoms. The zero-order chi connectivity index (χ0) is 14.0. The highest BCUT2D eigenvalue weighted by atomic mass is 32.1. The quantitative estimate of drug-likeness (QED) is 0.827. The highest BCUT2D eigenvalue weighted by Gasteiger charge is 2.35. The van der Waals surface area contributed by atoms with Crippen molar-refractivity contribution in [2.75, 3.05) is 5.84 Å². The highest BCUT2D eigenvalue weighted by molar-refractivity contribution is 7.08. The Morgan fingerprint density at radius 3 is 2.79 bits per heavy atom. The third-order valence-electron chi connectivity index (χ3n) is 3.35. The average molecular weight is 279 g/mol. The molecule has 0 aliphatic heterocycles. The number of nitrogens with zero attached hydrogens (tertiary/aromatic N) is 3. The lowest BCUT2D eigenvalue weighted by Crippen LogP contribution is -2.47. The molecular formula is C12H17N5OS. The van der Waals surface area contributed by atoms with Crippen molar-refractivity contribution >= 4 is 17.2 Å². The molecule has 0 aromatic carbocycles. The number of nitrogens with two attached hydrogens (primary N) is 1. The van der Waals surface area contributed by atoms with Crippen molar-refractivity contribution in [3.8, 4) is 0 Å². The molecule has 7 heteroatoms. The molecule has 0 aliphatic carbocycles. The van der Waals surface area contributed by atoms with Gasteiger partial charge in [-0.25, -0.2) is 0 Å². The number of thiophene rings is 1. The molecule has 1 amide bonds. The second-order valence-electron chi connectivity index (χ2n) is 4.91. The third-order valence-corrected chi connectivity index (χ3v) is 4.04. The summed E-state index contributed by atoms with van der Waals surface area (Å²) in [6.45, 7) is 5.96. The smallest absolute Gasteiger partial charge is 0.252 e. The van der Waals surface area contributed by atoms with Gasteiger partial charge in [0.15, 0.2) is 0 Å². The number of rotatable bonds is 4. The van der Waals surface area contributed by atoms with Gasteiger partial charge in [0.1, 0.15) is 5.69 Å². The van der Waals surface area contributed by atoms with Crippen LogP contribution in [0.4, 0.5) is 0 Å². The fraction of sp³-hybridized carbons (Fsp3) is 0.417. The van der Waals surface area contributed by atoms with E-state index in [1.54, 1.807) is 12.3 Å². The van der Waals surface area contributed by atoms with E-state index in [1.807, 2.05) is 31.5 Å². The maximum absolute atomic E-state index is 12.2. The predicted molar refractivity (Wildman–Crippen MR) is 74.1 cm³/mol. The molecule has 0 aliphatic rings. The van der Waals surface area contributed by atoms with Gasteiger partial charge in [0.25, 0.3) is 5.91 Å². The summed E-state index contributed by atoms with van der Waals surface area (Å²) >= 11 is 1.49. The first-order chi connectivity index (χ1) is 8.93. The Morgan fingerprint density at radius 2 is 2.32 bits per heavy atom. The Morgan fingerprint density at radius 1 is 1.58 bits per heavy atom. The number of aromatic nitrogens is 3. The maximum Gasteiger partial charge on any atom is 0.252 e. The molecular weight excluding hydrogens is 262 g/mol. The monoisotopic (exact) mass is 279 g/mol. The molecule has 2 aromatic heterocycles. The van der Waals surface area contributed by atoms with Crippen LogP contribution in [0, 0.1) is 5.92 Å². The van der Waals surface area contributed by atoms with E-state index in [0.29, 0.717) is 11.3 Å². The number of carbonyl (C=O) groups excluding carboxylic acids is 1. The van der Waals surface area contributed by atoms with Gasteiger partial charge in [-0.1, -0.05) is 13.8 Å². The minimum absolute atomic E-state index is 0.121. The Hall–Kier alpha value is -1.89. The maximum atomic E-state index is 12.2. The third kappa shape index (κ3) is 2.60. The van der Waals surface area contributed by atoms with Gasteiger partial charge in [-0.05, 0) is 29.5 Å². The standard InChI is InChI=1S/C12H17N5OS/c1-8(2)12(3,10-6-17(13)16-15-10)14-11(18)9-4-5-19-7-9/h4-8H,13H2,1-3H3,(H,14,18)/t12-/m0/s1. The van der Waals surface area contributed by atoms with Crippen molar-refractivity contribution in [3.63, 3.8) is 0 Å². The summed E-state index contributed by atoms with van der Waals surface area (Å²) in [4.78, 5) is 13.4. The minimum Gasteiger partial charge on any atom is -0.341 e. The molecule has 2 rings (SSSR count). The van der Waals surface area contributed by atoms with E-state index in [-0.39, 0.29) is 11.8 Å². The van der Waals surface area contributed by atoms with Crippen molar-refractivity contribution < 1.29 is 4.79 Å². The second kappa shape index (κ2) is 5.00. The summed E-state index contributed by atoms with van der Waals surface area (Å²) in [5.74, 6) is 5.56. The van der Waals surface area contributed by atoms with E-state index in [1.165, 1.54) is 11.3 Å². The van der Waals surface area contributed by atoms with E-state index < -0.39 is 5.54 Å². The van der Waals surface area contributed by atoms with Gasteiger partial charge in [-0.3, -0.25) is 4.79 Å². The first kappa shape index (κ1) is 13.5. The van der Waals surface area contributed by atoms with Crippen LogP contribution in [-0.4, -0.2) is 21.0 Å². The number of nitrogens with one attached hydrogen (secondary N) is 1. The lowest BCUT2D eigenvalue weighted by molar-refractivity contribution is 0.0873. The molecule has 0 saturated carbocycles. The van der Waals surface area contributed by atoms with Crippen LogP contribution in [0.5, 0.6) is 0 Å². The molecule has 2 aromatic rings. The Kier molecular flexibility index (Phi) is 3.57. The molecule has 1 atom stereocenters. The lowest BCUT2D eigenvalue weighted by atomic mass is 9.85.